The average Bonchev–Trinajstić information content (AvgIpc) is 3.19. The zero-order chi connectivity index (χ0) is 43.6. The summed E-state index contributed by atoms with van der Waals surface area (Å²) in [6, 6.07) is 23.1. The van der Waals surface area contributed by atoms with E-state index in [-0.39, 0.29) is 62.3 Å². The van der Waals surface area contributed by atoms with Crippen LogP contribution in [0, 0.1) is 13.8 Å². The van der Waals surface area contributed by atoms with Gasteiger partial charge in [0.25, 0.3) is 20.0 Å². The Morgan fingerprint density at radius 2 is 0.721 bits per heavy atom. The predicted octanol–water partition coefficient (Wildman–Crippen LogP) is 5.38. The fourth-order valence-electron chi connectivity index (χ4n) is 4.53. The zero-order valence-corrected chi connectivity index (χ0v) is 38.0. The minimum Gasteiger partial charge on any atom is -0.366 e. The first kappa shape index (κ1) is 47.3. The van der Waals surface area contributed by atoms with E-state index in [9.17, 15) is 43.3 Å². The third-order valence-corrected chi connectivity index (χ3v) is 12.7. The number of sulfonamides is 4. The average molecular weight is 958 g/mol. The molecule has 20 nitrogen and oxygen atoms in total. The number of anilines is 2. The summed E-state index contributed by atoms with van der Waals surface area (Å²) in [6.07, 6.45) is 5.44. The summed E-state index contributed by atoms with van der Waals surface area (Å²) in [5.41, 5.74) is 2.11. The molecular formula is C36H32N10O10S4Zn. The maximum Gasteiger partial charge on any atom is 2.00 e. The maximum absolute atomic E-state index is 12.3. The van der Waals surface area contributed by atoms with Gasteiger partial charge in [-0.15, -0.1) is 0 Å². The van der Waals surface area contributed by atoms with E-state index in [4.69, 9.17) is 0 Å². The molecule has 0 saturated heterocycles. The number of urea groups is 2. The molecule has 6 rings (SSSR count). The van der Waals surface area contributed by atoms with Crippen molar-refractivity contribution in [1.29, 1.82) is 0 Å². The Balaban J connectivity index is 0.000000264. The number of carbonyl (C=O) groups is 2. The molecule has 0 atom stereocenters. The number of carbonyl (C=O) groups excluding carboxylic acids is 2. The molecule has 0 spiro atoms. The molecular weight excluding hydrogens is 926 g/mol. The fourth-order valence-corrected chi connectivity index (χ4v) is 8.13. The van der Waals surface area contributed by atoms with Crippen LogP contribution in [0.2, 0.25) is 0 Å². The van der Waals surface area contributed by atoms with Gasteiger partial charge in [0, 0.05) is 23.3 Å². The molecule has 0 fully saturated rings. The SMILES string of the molecule is Cc1ccc(S(=O)(=O)NC(=O)Nc2ccc(S(=O)(=O)[N-]c3ncccn3)cc2)cc1.Cc1ccc(S(=O)(=O)NC(=O)Nc2ccc(S(=O)(=O)[N-]c3ncccn3)cc2)cc1.[Zn+2]. The van der Waals surface area contributed by atoms with Gasteiger partial charge in [0.15, 0.2) is 0 Å². The summed E-state index contributed by atoms with van der Waals surface area (Å²) in [5, 5.41) is 4.66. The number of nitrogens with zero attached hydrogens (tertiary/aromatic N) is 6. The van der Waals surface area contributed by atoms with Gasteiger partial charge < -0.3 is 30.6 Å². The second kappa shape index (κ2) is 20.2. The minimum absolute atomic E-state index is 0. The van der Waals surface area contributed by atoms with Crippen LogP contribution in [0.5, 0.6) is 0 Å². The van der Waals surface area contributed by atoms with E-state index >= 15 is 0 Å². The first-order chi connectivity index (χ1) is 28.3. The number of aryl methyl sites for hydroxylation is 2. The second-order valence-corrected chi connectivity index (χ2v) is 18.6. The van der Waals surface area contributed by atoms with Crippen LogP contribution in [0.15, 0.2) is 154 Å². The number of nitrogens with one attached hydrogen (secondary N) is 4. The van der Waals surface area contributed by atoms with Crippen LogP contribution < -0.4 is 20.1 Å². The number of rotatable bonds is 12. The largest absolute Gasteiger partial charge is 2.00 e. The molecule has 25 heteroatoms. The van der Waals surface area contributed by atoms with Crippen LogP contribution in [0.25, 0.3) is 9.44 Å². The van der Waals surface area contributed by atoms with Gasteiger partial charge in [-0.3, -0.25) is 9.44 Å². The molecule has 0 bridgehead atoms. The van der Waals surface area contributed by atoms with Crippen molar-refractivity contribution in [1.82, 2.24) is 29.4 Å². The van der Waals surface area contributed by atoms with Crippen LogP contribution in [0.3, 0.4) is 0 Å². The molecule has 0 aliphatic heterocycles. The third-order valence-electron chi connectivity index (χ3n) is 7.44. The van der Waals surface area contributed by atoms with Gasteiger partial charge in [0.05, 0.1) is 19.6 Å². The van der Waals surface area contributed by atoms with Crippen molar-refractivity contribution in [2.75, 3.05) is 10.6 Å². The normalized spacial score (nSPS) is 11.3. The molecule has 0 aliphatic rings. The van der Waals surface area contributed by atoms with Crippen molar-refractivity contribution >= 4 is 75.4 Å². The third kappa shape index (κ3) is 13.8. The molecule has 2 aromatic heterocycles. The monoisotopic (exact) mass is 956 g/mol. The molecule has 0 aliphatic carbocycles. The van der Waals surface area contributed by atoms with Gasteiger partial charge >= 0.3 is 31.5 Å². The van der Waals surface area contributed by atoms with Crippen molar-refractivity contribution in [3.05, 3.63) is 155 Å². The van der Waals surface area contributed by atoms with E-state index in [1.165, 1.54) is 110 Å². The molecule has 4 amide bonds. The molecule has 312 valence electrons. The Morgan fingerprint density at radius 3 is 1.02 bits per heavy atom. The van der Waals surface area contributed by atoms with Crippen LogP contribution in [0.1, 0.15) is 11.1 Å². The molecule has 6 aromatic rings. The van der Waals surface area contributed by atoms with E-state index in [0.29, 0.717) is 0 Å². The number of aromatic nitrogens is 4. The molecule has 0 radical (unpaired) electrons. The second-order valence-electron chi connectivity index (χ2n) is 12.0. The van der Waals surface area contributed by atoms with Gasteiger partial charge in [0.2, 0.25) is 20.0 Å². The maximum atomic E-state index is 12.3. The summed E-state index contributed by atoms with van der Waals surface area (Å²) in [6.45, 7) is 3.61. The molecule has 0 saturated carbocycles. The van der Waals surface area contributed by atoms with Crippen molar-refractivity contribution in [3.8, 4) is 0 Å². The number of benzene rings is 4. The van der Waals surface area contributed by atoms with E-state index < -0.39 is 52.2 Å². The molecule has 2 heterocycles. The summed E-state index contributed by atoms with van der Waals surface area (Å²) < 4.78 is 109. The minimum atomic E-state index is -4.05. The van der Waals surface area contributed by atoms with E-state index in [1.807, 2.05) is 9.44 Å². The van der Waals surface area contributed by atoms with Gasteiger partial charge in [-0.05, 0) is 111 Å². The first-order valence-corrected chi connectivity index (χ1v) is 22.7. The molecule has 4 N–H and O–H groups in total. The van der Waals surface area contributed by atoms with Gasteiger partial charge in [-0.1, -0.05) is 47.5 Å². The van der Waals surface area contributed by atoms with Crippen LogP contribution in [0.4, 0.5) is 32.9 Å². The predicted molar refractivity (Wildman–Crippen MR) is 218 cm³/mol. The Bertz CT molecular complexity index is 2700. The number of hydrogen-bond acceptors (Lipinski definition) is 14. The summed E-state index contributed by atoms with van der Waals surface area (Å²) >= 11 is 0. The van der Waals surface area contributed by atoms with Crippen LogP contribution >= 0.6 is 0 Å². The van der Waals surface area contributed by atoms with Gasteiger partial charge in [0.1, 0.15) is 0 Å². The van der Waals surface area contributed by atoms with E-state index in [0.717, 1.165) is 11.1 Å². The van der Waals surface area contributed by atoms with Crippen molar-refractivity contribution in [2.45, 2.75) is 33.4 Å². The van der Waals surface area contributed by atoms with Gasteiger partial charge in [-0.25, -0.2) is 52.7 Å². The van der Waals surface area contributed by atoms with Crippen molar-refractivity contribution < 1.29 is 62.7 Å². The van der Waals surface area contributed by atoms with Crippen molar-refractivity contribution in [2.24, 2.45) is 0 Å². The Hall–Kier alpha value is -6.40. The molecule has 0 unspecified atom stereocenters. The van der Waals surface area contributed by atoms with Crippen LogP contribution in [-0.4, -0.2) is 65.7 Å². The fraction of sp³-hybridized carbons (Fsp3) is 0.0556. The Kier molecular flexibility index (Phi) is 15.7. The van der Waals surface area contributed by atoms with E-state index in [2.05, 4.69) is 40.0 Å². The van der Waals surface area contributed by atoms with Gasteiger partial charge in [-0.2, -0.15) is 0 Å². The quantitative estimate of drug-likeness (QED) is 0.112. The summed E-state index contributed by atoms with van der Waals surface area (Å²) in [5.74, 6) is -0.416. The smallest absolute Gasteiger partial charge is 0.366 e. The zero-order valence-electron chi connectivity index (χ0n) is 31.8. The molecule has 4 aromatic carbocycles. The van der Waals surface area contributed by atoms with Crippen LogP contribution in [-0.2, 0) is 59.6 Å². The first-order valence-electron chi connectivity index (χ1n) is 16.8. The van der Waals surface area contributed by atoms with E-state index in [1.54, 1.807) is 38.1 Å². The molecule has 61 heavy (non-hydrogen) atoms. The number of amides is 4. The Morgan fingerprint density at radius 1 is 0.443 bits per heavy atom. The Labute approximate surface area is 364 Å². The topological polar surface area (TPSA) is 299 Å². The summed E-state index contributed by atoms with van der Waals surface area (Å²) in [7, 11) is -16.2. The standard InChI is InChI=1S/2C18H17N5O5S2.Zn/c2*1-13-3-7-15(8-4-13)30(27,28)23-18(24)21-14-5-9-16(10-6-14)29(25,26)22-17-19-11-2-12-20-17;/h2*2-12H,1H3,(H3,19,20,21,22,23,24);/q;;+2/p-2. The summed E-state index contributed by atoms with van der Waals surface area (Å²) in [4.78, 5) is 38.6. The number of hydrogen-bond donors (Lipinski definition) is 4. The van der Waals surface area contributed by atoms with Crippen molar-refractivity contribution in [3.63, 3.8) is 0 Å².